The van der Waals surface area contributed by atoms with Crippen LogP contribution in [0.3, 0.4) is 0 Å². The summed E-state index contributed by atoms with van der Waals surface area (Å²) in [6, 6.07) is -1.16. The zero-order chi connectivity index (χ0) is 14.5. The van der Waals surface area contributed by atoms with Crippen molar-refractivity contribution in [1.29, 1.82) is 0 Å². The van der Waals surface area contributed by atoms with E-state index in [-0.39, 0.29) is 18.7 Å². The Kier molecular flexibility index (Phi) is 5.29. The Balaban J connectivity index is 2.59. The van der Waals surface area contributed by atoms with Gasteiger partial charge in [-0.25, -0.2) is 4.79 Å². The number of piperidine rings is 1. The molecule has 0 saturated carbocycles. The Morgan fingerprint density at radius 2 is 2.00 bits per heavy atom. The van der Waals surface area contributed by atoms with E-state index in [1.54, 1.807) is 6.92 Å². The number of carbonyl (C=O) groups excluding carboxylic acids is 1. The zero-order valence-electron chi connectivity index (χ0n) is 10.9. The molecule has 1 amide bonds. The van der Waals surface area contributed by atoms with Gasteiger partial charge in [-0.15, -0.1) is 0 Å². The maximum Gasteiger partial charge on any atom is 0.326 e. The van der Waals surface area contributed by atoms with Crippen LogP contribution in [0.5, 0.6) is 0 Å². The molecule has 19 heavy (non-hydrogen) atoms. The standard InChI is InChI=1S/C12H20N2O5/c1-12(6-2-3-7-13-12)11(19)14-8(10(17)18)4-5-9(15)16/h8,13H,2-7H2,1H3,(H,14,19)(H,15,16)(H,17,18)/t8-,12?/m0/s1. The monoisotopic (exact) mass is 272 g/mol. The smallest absolute Gasteiger partial charge is 0.326 e. The lowest BCUT2D eigenvalue weighted by atomic mass is 9.89. The minimum absolute atomic E-state index is 0.119. The number of hydrogen-bond donors (Lipinski definition) is 4. The third kappa shape index (κ3) is 4.51. The average molecular weight is 272 g/mol. The summed E-state index contributed by atoms with van der Waals surface area (Å²) in [5.74, 6) is -2.68. The summed E-state index contributed by atoms with van der Waals surface area (Å²) in [7, 11) is 0. The molecule has 0 aromatic rings. The normalized spacial score (nSPS) is 24.5. The maximum absolute atomic E-state index is 12.1. The van der Waals surface area contributed by atoms with Gasteiger partial charge in [0.2, 0.25) is 5.91 Å². The fourth-order valence-corrected chi connectivity index (χ4v) is 2.09. The molecule has 0 radical (unpaired) electrons. The molecule has 1 aliphatic rings. The summed E-state index contributed by atoms with van der Waals surface area (Å²) in [6.45, 7) is 2.45. The van der Waals surface area contributed by atoms with Crippen molar-refractivity contribution in [3.63, 3.8) is 0 Å². The number of nitrogens with one attached hydrogen (secondary N) is 2. The maximum atomic E-state index is 12.1. The molecule has 0 spiro atoms. The van der Waals surface area contributed by atoms with Gasteiger partial charge in [0.15, 0.2) is 0 Å². The van der Waals surface area contributed by atoms with E-state index in [1.807, 2.05) is 0 Å². The van der Waals surface area contributed by atoms with Gasteiger partial charge >= 0.3 is 11.9 Å². The fraction of sp³-hybridized carbons (Fsp3) is 0.750. The Labute approximate surface area is 111 Å². The minimum atomic E-state index is -1.21. The summed E-state index contributed by atoms with van der Waals surface area (Å²) < 4.78 is 0. The van der Waals surface area contributed by atoms with Gasteiger partial charge in [0.1, 0.15) is 6.04 Å². The lowest BCUT2D eigenvalue weighted by molar-refractivity contribution is -0.144. The molecule has 4 N–H and O–H groups in total. The van der Waals surface area contributed by atoms with Crippen LogP contribution in [0.2, 0.25) is 0 Å². The van der Waals surface area contributed by atoms with E-state index >= 15 is 0 Å². The molecular formula is C12H20N2O5. The third-order valence-corrected chi connectivity index (χ3v) is 3.37. The van der Waals surface area contributed by atoms with Crippen LogP contribution in [-0.4, -0.2) is 46.2 Å². The van der Waals surface area contributed by atoms with E-state index in [9.17, 15) is 14.4 Å². The Morgan fingerprint density at radius 1 is 1.32 bits per heavy atom. The number of carbonyl (C=O) groups is 3. The highest BCUT2D eigenvalue weighted by Gasteiger charge is 2.36. The summed E-state index contributed by atoms with van der Waals surface area (Å²) in [5.41, 5.74) is -0.769. The first-order chi connectivity index (χ1) is 8.85. The first-order valence-electron chi connectivity index (χ1n) is 6.36. The second-order valence-corrected chi connectivity index (χ2v) is 5.01. The molecule has 1 unspecified atom stereocenters. The Bertz CT molecular complexity index is 363. The van der Waals surface area contributed by atoms with Crippen LogP contribution in [0.1, 0.15) is 39.0 Å². The number of aliphatic carboxylic acids is 2. The molecule has 2 atom stereocenters. The summed E-state index contributed by atoms with van der Waals surface area (Å²) in [6.07, 6.45) is 2.13. The van der Waals surface area contributed by atoms with Crippen LogP contribution in [0.15, 0.2) is 0 Å². The zero-order valence-corrected chi connectivity index (χ0v) is 10.9. The second kappa shape index (κ2) is 6.51. The van der Waals surface area contributed by atoms with Crippen LogP contribution < -0.4 is 10.6 Å². The van der Waals surface area contributed by atoms with Crippen LogP contribution in [0.25, 0.3) is 0 Å². The third-order valence-electron chi connectivity index (χ3n) is 3.37. The predicted molar refractivity (Wildman–Crippen MR) is 66.7 cm³/mol. The van der Waals surface area contributed by atoms with Crippen LogP contribution in [-0.2, 0) is 14.4 Å². The predicted octanol–water partition coefficient (Wildman–Crippen LogP) is -0.0472. The highest BCUT2D eigenvalue weighted by molar-refractivity contribution is 5.90. The van der Waals surface area contributed by atoms with Crippen molar-refractivity contribution < 1.29 is 24.6 Å². The van der Waals surface area contributed by atoms with Gasteiger partial charge in [0.05, 0.1) is 5.54 Å². The summed E-state index contributed by atoms with van der Waals surface area (Å²) in [4.78, 5) is 33.6. The molecule has 108 valence electrons. The SMILES string of the molecule is CC1(C(=O)N[C@@H](CCC(=O)O)C(=O)O)CCCCN1. The average Bonchev–Trinajstić information content (AvgIpc) is 2.34. The van der Waals surface area contributed by atoms with Crippen molar-refractivity contribution in [2.75, 3.05) is 6.54 Å². The molecule has 1 aliphatic heterocycles. The molecule has 1 saturated heterocycles. The largest absolute Gasteiger partial charge is 0.481 e. The van der Waals surface area contributed by atoms with E-state index in [2.05, 4.69) is 10.6 Å². The van der Waals surface area contributed by atoms with Crippen LogP contribution in [0, 0.1) is 0 Å². The summed E-state index contributed by atoms with van der Waals surface area (Å²) >= 11 is 0. The Morgan fingerprint density at radius 3 is 2.47 bits per heavy atom. The van der Waals surface area contributed by atoms with E-state index in [4.69, 9.17) is 10.2 Å². The second-order valence-electron chi connectivity index (χ2n) is 5.01. The molecule has 0 aliphatic carbocycles. The van der Waals surface area contributed by atoms with Gasteiger partial charge in [-0.3, -0.25) is 9.59 Å². The van der Waals surface area contributed by atoms with E-state index < -0.39 is 23.5 Å². The van der Waals surface area contributed by atoms with Crippen LogP contribution in [0.4, 0.5) is 0 Å². The van der Waals surface area contributed by atoms with Crippen molar-refractivity contribution in [2.24, 2.45) is 0 Å². The van der Waals surface area contributed by atoms with Gasteiger partial charge in [-0.2, -0.15) is 0 Å². The number of carboxylic acid groups (broad SMARTS) is 2. The molecule has 0 bridgehead atoms. The first-order valence-corrected chi connectivity index (χ1v) is 6.36. The molecule has 7 nitrogen and oxygen atoms in total. The summed E-state index contributed by atoms with van der Waals surface area (Å²) in [5, 5.41) is 23.0. The van der Waals surface area contributed by atoms with Gasteiger partial charge in [0.25, 0.3) is 0 Å². The number of rotatable bonds is 6. The van der Waals surface area contributed by atoms with Crippen molar-refractivity contribution in [2.45, 2.75) is 50.6 Å². The molecule has 1 heterocycles. The van der Waals surface area contributed by atoms with Crippen molar-refractivity contribution in [3.05, 3.63) is 0 Å². The van der Waals surface area contributed by atoms with Gasteiger partial charge in [-0.1, -0.05) is 0 Å². The number of hydrogen-bond acceptors (Lipinski definition) is 4. The lowest BCUT2D eigenvalue weighted by Crippen LogP contribution is -2.59. The highest BCUT2D eigenvalue weighted by atomic mass is 16.4. The molecule has 1 rings (SSSR count). The van der Waals surface area contributed by atoms with Gasteiger partial charge < -0.3 is 20.8 Å². The fourth-order valence-electron chi connectivity index (χ4n) is 2.09. The van der Waals surface area contributed by atoms with Gasteiger partial charge in [-0.05, 0) is 39.2 Å². The molecule has 7 heteroatoms. The van der Waals surface area contributed by atoms with Crippen molar-refractivity contribution in [3.8, 4) is 0 Å². The molecule has 0 aromatic heterocycles. The van der Waals surface area contributed by atoms with Crippen molar-refractivity contribution >= 4 is 17.8 Å². The first kappa shape index (κ1) is 15.4. The quantitative estimate of drug-likeness (QED) is 0.539. The van der Waals surface area contributed by atoms with Crippen molar-refractivity contribution in [1.82, 2.24) is 10.6 Å². The Hall–Kier alpha value is -1.63. The molecule has 1 fully saturated rings. The molecular weight excluding hydrogens is 252 g/mol. The van der Waals surface area contributed by atoms with Gasteiger partial charge in [0, 0.05) is 6.42 Å². The topological polar surface area (TPSA) is 116 Å². The van der Waals surface area contributed by atoms with E-state index in [0.717, 1.165) is 19.4 Å². The molecule has 0 aromatic carbocycles. The highest BCUT2D eigenvalue weighted by Crippen LogP contribution is 2.19. The minimum Gasteiger partial charge on any atom is -0.481 e. The van der Waals surface area contributed by atoms with Crippen LogP contribution >= 0.6 is 0 Å². The number of amides is 1. The lowest BCUT2D eigenvalue weighted by Gasteiger charge is -2.34. The van der Waals surface area contributed by atoms with E-state index in [0.29, 0.717) is 6.42 Å². The number of carboxylic acids is 2. The van der Waals surface area contributed by atoms with E-state index in [1.165, 1.54) is 0 Å².